The molecule has 4 rings (SSSR count). The molecule has 0 aliphatic carbocycles. The second-order valence-corrected chi connectivity index (χ2v) is 8.29. The van der Waals surface area contributed by atoms with Crippen molar-refractivity contribution in [3.8, 4) is 16.9 Å². The molecule has 26 heavy (non-hydrogen) atoms. The molecule has 0 bridgehead atoms. The van der Waals surface area contributed by atoms with Crippen molar-refractivity contribution in [3.63, 3.8) is 0 Å². The minimum Gasteiger partial charge on any atom is -0.487 e. The molecule has 7 heteroatoms. The lowest BCUT2D eigenvalue weighted by molar-refractivity contribution is 0.166. The molecule has 0 spiro atoms. The van der Waals surface area contributed by atoms with Gasteiger partial charge in [0.1, 0.15) is 17.7 Å². The molecule has 2 N–H and O–H groups in total. The molecule has 2 aromatic heterocycles. The number of pyridine rings is 1. The molecule has 4 nitrogen and oxygen atoms in total. The highest BCUT2D eigenvalue weighted by Crippen LogP contribution is 2.42. The number of benzene rings is 1. The first-order valence-corrected chi connectivity index (χ1v) is 10.1. The molecule has 1 aromatic carbocycles. The number of fused-ring (bicyclic) bond motifs is 1. The van der Waals surface area contributed by atoms with E-state index in [1.807, 2.05) is 12.1 Å². The summed E-state index contributed by atoms with van der Waals surface area (Å²) in [5, 5.41) is 12.8. The minimum absolute atomic E-state index is 0.0373. The summed E-state index contributed by atoms with van der Waals surface area (Å²) in [6.07, 6.45) is 3.78. The molecule has 1 aliphatic rings. The SMILES string of the molecule is OCc1cc2nccc(-c3cc(F)cc(Br)c3OC3CCCNC3)c2s1. The van der Waals surface area contributed by atoms with E-state index in [0.717, 1.165) is 46.6 Å². The Balaban J connectivity index is 1.84. The number of hydrogen-bond acceptors (Lipinski definition) is 5. The van der Waals surface area contributed by atoms with Gasteiger partial charge in [-0.2, -0.15) is 0 Å². The lowest BCUT2D eigenvalue weighted by Gasteiger charge is -2.26. The van der Waals surface area contributed by atoms with E-state index in [9.17, 15) is 9.50 Å². The van der Waals surface area contributed by atoms with Crippen molar-refractivity contribution in [1.29, 1.82) is 0 Å². The number of aliphatic hydroxyl groups excluding tert-OH is 1. The van der Waals surface area contributed by atoms with Crippen LogP contribution in [0.4, 0.5) is 4.39 Å². The van der Waals surface area contributed by atoms with Crippen LogP contribution in [0.3, 0.4) is 0 Å². The number of thiophene rings is 1. The second kappa shape index (κ2) is 7.60. The van der Waals surface area contributed by atoms with Gasteiger partial charge >= 0.3 is 0 Å². The van der Waals surface area contributed by atoms with Gasteiger partial charge in [0, 0.05) is 28.7 Å². The molecule has 136 valence electrons. The van der Waals surface area contributed by atoms with E-state index in [0.29, 0.717) is 15.8 Å². The fourth-order valence-corrected chi connectivity index (χ4v) is 4.77. The molecule has 0 radical (unpaired) electrons. The van der Waals surface area contributed by atoms with Crippen molar-refractivity contribution in [2.45, 2.75) is 25.6 Å². The highest BCUT2D eigenvalue weighted by atomic mass is 79.9. The predicted octanol–water partition coefficient (Wildman–Crippen LogP) is 4.49. The lowest BCUT2D eigenvalue weighted by Crippen LogP contribution is -2.37. The van der Waals surface area contributed by atoms with Crippen LogP contribution in [-0.4, -0.2) is 29.3 Å². The number of nitrogens with one attached hydrogen (secondary N) is 1. The Morgan fingerprint density at radius 2 is 2.23 bits per heavy atom. The van der Waals surface area contributed by atoms with Crippen molar-refractivity contribution < 1.29 is 14.2 Å². The van der Waals surface area contributed by atoms with Gasteiger partial charge < -0.3 is 15.2 Å². The summed E-state index contributed by atoms with van der Waals surface area (Å²) < 4.78 is 22.0. The molecule has 1 atom stereocenters. The zero-order valence-electron chi connectivity index (χ0n) is 14.0. The fourth-order valence-electron chi connectivity index (χ4n) is 3.24. The number of ether oxygens (including phenoxy) is 1. The van der Waals surface area contributed by atoms with Crippen molar-refractivity contribution in [3.05, 3.63) is 45.6 Å². The van der Waals surface area contributed by atoms with Crippen molar-refractivity contribution >= 4 is 37.5 Å². The van der Waals surface area contributed by atoms with E-state index >= 15 is 0 Å². The first-order valence-electron chi connectivity index (χ1n) is 8.51. The number of rotatable bonds is 4. The topological polar surface area (TPSA) is 54.4 Å². The maximum atomic E-state index is 14.2. The van der Waals surface area contributed by atoms with Gasteiger partial charge in [-0.25, -0.2) is 4.39 Å². The average molecular weight is 437 g/mol. The van der Waals surface area contributed by atoms with Crippen LogP contribution < -0.4 is 10.1 Å². The molecule has 0 saturated carbocycles. The van der Waals surface area contributed by atoms with Crippen LogP contribution in [0.1, 0.15) is 17.7 Å². The number of nitrogens with zero attached hydrogens (tertiary/aromatic N) is 1. The van der Waals surface area contributed by atoms with E-state index in [4.69, 9.17) is 4.74 Å². The molecule has 1 aliphatic heterocycles. The highest BCUT2D eigenvalue weighted by Gasteiger charge is 2.21. The number of aliphatic hydroxyl groups is 1. The quantitative estimate of drug-likeness (QED) is 0.632. The molecule has 1 fully saturated rings. The Morgan fingerprint density at radius 1 is 1.35 bits per heavy atom. The highest BCUT2D eigenvalue weighted by molar-refractivity contribution is 9.10. The summed E-state index contributed by atoms with van der Waals surface area (Å²) in [5.74, 6) is 0.316. The molecule has 3 heterocycles. The van der Waals surface area contributed by atoms with E-state index in [1.54, 1.807) is 6.20 Å². The van der Waals surface area contributed by atoms with E-state index in [2.05, 4.69) is 26.2 Å². The lowest BCUT2D eigenvalue weighted by atomic mass is 10.0. The van der Waals surface area contributed by atoms with E-state index < -0.39 is 0 Å². The second-order valence-electron chi connectivity index (χ2n) is 6.29. The molecular weight excluding hydrogens is 419 g/mol. The van der Waals surface area contributed by atoms with Gasteiger partial charge in [0.2, 0.25) is 0 Å². The van der Waals surface area contributed by atoms with Gasteiger partial charge in [0.25, 0.3) is 0 Å². The molecule has 1 saturated heterocycles. The van der Waals surface area contributed by atoms with Crippen LogP contribution in [-0.2, 0) is 6.61 Å². The Hall–Kier alpha value is -1.54. The standard InChI is InChI=1S/C19H18BrFN2O2S/c20-16-7-11(21)6-15(18(16)25-12-2-1-4-22-9-12)14-3-5-23-17-8-13(10-24)26-19(14)17/h3,5-8,12,22,24H,1-2,4,9-10H2. The third-order valence-corrected chi connectivity index (χ3v) is 6.18. The Labute approximate surface area is 163 Å². The van der Waals surface area contributed by atoms with Gasteiger partial charge in [-0.15, -0.1) is 11.3 Å². The number of hydrogen-bond donors (Lipinski definition) is 2. The van der Waals surface area contributed by atoms with E-state index in [-0.39, 0.29) is 18.5 Å². The van der Waals surface area contributed by atoms with Gasteiger partial charge in [0.15, 0.2) is 0 Å². The molecule has 0 amide bonds. The summed E-state index contributed by atoms with van der Waals surface area (Å²) in [4.78, 5) is 5.20. The molecule has 1 unspecified atom stereocenters. The van der Waals surface area contributed by atoms with Crippen molar-refractivity contribution in [1.82, 2.24) is 10.3 Å². The fraction of sp³-hybridized carbons (Fsp3) is 0.316. The minimum atomic E-state index is -0.329. The first-order chi connectivity index (χ1) is 12.7. The van der Waals surface area contributed by atoms with Crippen LogP contribution in [0.2, 0.25) is 0 Å². The third kappa shape index (κ3) is 3.49. The monoisotopic (exact) mass is 436 g/mol. The number of aromatic nitrogens is 1. The van der Waals surface area contributed by atoms with Crippen LogP contribution in [0.15, 0.2) is 34.9 Å². The normalized spacial score (nSPS) is 17.6. The summed E-state index contributed by atoms with van der Waals surface area (Å²) in [6, 6.07) is 6.67. The smallest absolute Gasteiger partial charge is 0.142 e. The summed E-state index contributed by atoms with van der Waals surface area (Å²) >= 11 is 4.93. The van der Waals surface area contributed by atoms with Gasteiger partial charge in [-0.3, -0.25) is 4.98 Å². The zero-order valence-corrected chi connectivity index (χ0v) is 16.4. The van der Waals surface area contributed by atoms with Crippen LogP contribution in [0.5, 0.6) is 5.75 Å². The summed E-state index contributed by atoms with van der Waals surface area (Å²) in [6.45, 7) is 1.74. The summed E-state index contributed by atoms with van der Waals surface area (Å²) in [7, 11) is 0. The average Bonchev–Trinajstić information content (AvgIpc) is 3.08. The van der Waals surface area contributed by atoms with Crippen LogP contribution in [0, 0.1) is 5.82 Å². The van der Waals surface area contributed by atoms with Crippen molar-refractivity contribution in [2.24, 2.45) is 0 Å². The predicted molar refractivity (Wildman–Crippen MR) is 105 cm³/mol. The van der Waals surface area contributed by atoms with Gasteiger partial charge in [0.05, 0.1) is 21.3 Å². The van der Waals surface area contributed by atoms with E-state index in [1.165, 1.54) is 23.5 Å². The third-order valence-electron chi connectivity index (χ3n) is 4.45. The first kappa shape index (κ1) is 17.9. The van der Waals surface area contributed by atoms with Crippen molar-refractivity contribution in [2.75, 3.05) is 13.1 Å². The number of halogens is 2. The number of piperidine rings is 1. The van der Waals surface area contributed by atoms with Crippen LogP contribution in [0.25, 0.3) is 21.3 Å². The zero-order chi connectivity index (χ0) is 18.1. The maximum absolute atomic E-state index is 14.2. The Kier molecular flexibility index (Phi) is 5.22. The largest absolute Gasteiger partial charge is 0.487 e. The molecule has 3 aromatic rings. The Bertz CT molecular complexity index is 941. The molecular formula is C19H18BrFN2O2S. The van der Waals surface area contributed by atoms with Gasteiger partial charge in [-0.1, -0.05) is 0 Å². The summed E-state index contributed by atoms with van der Waals surface area (Å²) in [5.41, 5.74) is 2.35. The van der Waals surface area contributed by atoms with Gasteiger partial charge in [-0.05, 0) is 59.6 Å². The maximum Gasteiger partial charge on any atom is 0.142 e. The Morgan fingerprint density at radius 3 is 3.00 bits per heavy atom. The van der Waals surface area contributed by atoms with Crippen LogP contribution >= 0.6 is 27.3 Å².